The van der Waals surface area contributed by atoms with Crippen molar-refractivity contribution in [2.24, 2.45) is 5.41 Å². The quantitative estimate of drug-likeness (QED) is 0.803. The van der Waals surface area contributed by atoms with Gasteiger partial charge in [-0.3, -0.25) is 0 Å². The first-order valence-corrected chi connectivity index (χ1v) is 4.92. The normalized spacial score (nSPS) is 14.0. The summed E-state index contributed by atoms with van der Waals surface area (Å²) in [4.78, 5) is 7.76. The minimum atomic E-state index is -0.435. The van der Waals surface area contributed by atoms with E-state index < -0.39 is 6.10 Å². The molecule has 0 aliphatic carbocycles. The van der Waals surface area contributed by atoms with E-state index in [4.69, 9.17) is 0 Å². The Morgan fingerprint density at radius 1 is 1.29 bits per heavy atom. The van der Waals surface area contributed by atoms with Crippen LogP contribution in [0.4, 0.5) is 0 Å². The van der Waals surface area contributed by atoms with Gasteiger partial charge in [-0.2, -0.15) is 0 Å². The van der Waals surface area contributed by atoms with E-state index in [0.717, 1.165) is 18.4 Å². The summed E-state index contributed by atoms with van der Waals surface area (Å²) in [6, 6.07) is 0. The number of aliphatic hydroxyl groups excluding tert-OH is 1. The van der Waals surface area contributed by atoms with E-state index in [-0.39, 0.29) is 5.41 Å². The number of hydrogen-bond acceptors (Lipinski definition) is 3. The molecule has 1 aromatic heterocycles. The van der Waals surface area contributed by atoms with E-state index in [9.17, 15) is 5.11 Å². The fraction of sp³-hybridized carbons (Fsp3) is 0.636. The summed E-state index contributed by atoms with van der Waals surface area (Å²) in [6.45, 7) is 6.50. The van der Waals surface area contributed by atoms with Gasteiger partial charge in [0.1, 0.15) is 6.33 Å². The predicted octanol–water partition coefficient (Wildman–Crippen LogP) is 2.34. The predicted molar refractivity (Wildman–Crippen MR) is 55.7 cm³/mol. The Balaban J connectivity index is 2.48. The molecule has 1 atom stereocenters. The zero-order chi connectivity index (χ0) is 10.6. The maximum absolute atomic E-state index is 9.80. The van der Waals surface area contributed by atoms with E-state index in [2.05, 4.69) is 30.7 Å². The molecule has 0 bridgehead atoms. The van der Waals surface area contributed by atoms with Crippen molar-refractivity contribution in [3.63, 3.8) is 0 Å². The lowest BCUT2D eigenvalue weighted by atomic mass is 9.88. The molecule has 0 fully saturated rings. The van der Waals surface area contributed by atoms with E-state index in [0.29, 0.717) is 0 Å². The molecule has 1 heterocycles. The van der Waals surface area contributed by atoms with Crippen molar-refractivity contribution in [3.8, 4) is 0 Å². The van der Waals surface area contributed by atoms with Crippen LogP contribution in [0.15, 0.2) is 18.7 Å². The van der Waals surface area contributed by atoms with Crippen LogP contribution < -0.4 is 0 Å². The molecule has 0 saturated heterocycles. The van der Waals surface area contributed by atoms with Crippen LogP contribution >= 0.6 is 0 Å². The molecule has 3 nitrogen and oxygen atoms in total. The van der Waals surface area contributed by atoms with E-state index in [1.54, 1.807) is 12.4 Å². The first kappa shape index (κ1) is 11.1. The third-order valence-electron chi connectivity index (χ3n) is 2.13. The summed E-state index contributed by atoms with van der Waals surface area (Å²) >= 11 is 0. The lowest BCUT2D eigenvalue weighted by Crippen LogP contribution is -2.08. The Hall–Kier alpha value is -0.960. The van der Waals surface area contributed by atoms with Crippen molar-refractivity contribution in [3.05, 3.63) is 24.3 Å². The van der Waals surface area contributed by atoms with Gasteiger partial charge in [0.2, 0.25) is 0 Å². The Morgan fingerprint density at radius 2 is 1.86 bits per heavy atom. The Bertz CT molecular complexity index is 266. The average molecular weight is 194 g/mol. The summed E-state index contributed by atoms with van der Waals surface area (Å²) in [5.74, 6) is 0. The van der Waals surface area contributed by atoms with Gasteiger partial charge in [0.15, 0.2) is 0 Å². The summed E-state index contributed by atoms with van der Waals surface area (Å²) in [7, 11) is 0. The highest BCUT2D eigenvalue weighted by atomic mass is 16.3. The molecule has 3 heteroatoms. The first-order valence-electron chi connectivity index (χ1n) is 4.92. The summed E-state index contributed by atoms with van der Waals surface area (Å²) in [6.07, 6.45) is 6.12. The number of aliphatic hydroxyl groups is 1. The first-order chi connectivity index (χ1) is 6.49. The van der Waals surface area contributed by atoms with Crippen molar-refractivity contribution >= 4 is 0 Å². The molecule has 78 valence electrons. The standard InChI is InChI=1S/C11H18N2O/c1-11(2,3)5-4-10(14)9-6-12-8-13-7-9/h6-8,10,14H,4-5H2,1-3H3. The Labute approximate surface area is 85.2 Å². The van der Waals surface area contributed by atoms with Gasteiger partial charge in [0, 0.05) is 18.0 Å². The van der Waals surface area contributed by atoms with Gasteiger partial charge in [-0.05, 0) is 18.3 Å². The second-order valence-corrected chi connectivity index (χ2v) is 4.79. The lowest BCUT2D eigenvalue weighted by molar-refractivity contribution is 0.147. The number of rotatable bonds is 3. The van der Waals surface area contributed by atoms with Crippen molar-refractivity contribution in [1.29, 1.82) is 0 Å². The van der Waals surface area contributed by atoms with Crippen molar-refractivity contribution in [2.45, 2.75) is 39.7 Å². The van der Waals surface area contributed by atoms with Gasteiger partial charge in [-0.15, -0.1) is 0 Å². The smallest absolute Gasteiger partial charge is 0.115 e. The SMILES string of the molecule is CC(C)(C)CCC(O)c1cncnc1. The fourth-order valence-corrected chi connectivity index (χ4v) is 1.22. The van der Waals surface area contributed by atoms with Crippen LogP contribution in [0.2, 0.25) is 0 Å². The van der Waals surface area contributed by atoms with Crippen LogP contribution in [0.1, 0.15) is 45.3 Å². The van der Waals surface area contributed by atoms with Gasteiger partial charge in [0.25, 0.3) is 0 Å². The van der Waals surface area contributed by atoms with Gasteiger partial charge in [0.05, 0.1) is 6.10 Å². The molecule has 1 rings (SSSR count). The van der Waals surface area contributed by atoms with Gasteiger partial charge in [-0.1, -0.05) is 20.8 Å². The van der Waals surface area contributed by atoms with Gasteiger partial charge < -0.3 is 5.11 Å². The summed E-state index contributed by atoms with van der Waals surface area (Å²) < 4.78 is 0. The fourth-order valence-electron chi connectivity index (χ4n) is 1.22. The molecule has 14 heavy (non-hydrogen) atoms. The minimum absolute atomic E-state index is 0.261. The van der Waals surface area contributed by atoms with E-state index in [1.165, 1.54) is 6.33 Å². The largest absolute Gasteiger partial charge is 0.388 e. The van der Waals surface area contributed by atoms with Crippen LogP contribution in [0, 0.1) is 5.41 Å². The lowest BCUT2D eigenvalue weighted by Gasteiger charge is -2.20. The highest BCUT2D eigenvalue weighted by Crippen LogP contribution is 2.26. The van der Waals surface area contributed by atoms with Crippen molar-refractivity contribution < 1.29 is 5.11 Å². The third-order valence-corrected chi connectivity index (χ3v) is 2.13. The molecule has 1 unspecified atom stereocenters. The highest BCUT2D eigenvalue weighted by Gasteiger charge is 2.14. The van der Waals surface area contributed by atoms with Crippen molar-refractivity contribution in [2.75, 3.05) is 0 Å². The molecule has 0 aromatic carbocycles. The van der Waals surface area contributed by atoms with Crippen LogP contribution in [0.25, 0.3) is 0 Å². The molecular weight excluding hydrogens is 176 g/mol. The van der Waals surface area contributed by atoms with Gasteiger partial charge in [-0.25, -0.2) is 9.97 Å². The molecule has 0 aliphatic heterocycles. The van der Waals surface area contributed by atoms with E-state index in [1.807, 2.05) is 0 Å². The topological polar surface area (TPSA) is 46.0 Å². The second kappa shape index (κ2) is 4.51. The number of hydrogen-bond donors (Lipinski definition) is 1. The molecule has 1 N–H and O–H groups in total. The van der Waals surface area contributed by atoms with Crippen LogP contribution in [0.5, 0.6) is 0 Å². The average Bonchev–Trinajstić information content (AvgIpc) is 2.14. The molecular formula is C11H18N2O. The zero-order valence-electron chi connectivity index (χ0n) is 9.07. The monoisotopic (exact) mass is 194 g/mol. The van der Waals surface area contributed by atoms with Gasteiger partial charge >= 0.3 is 0 Å². The second-order valence-electron chi connectivity index (χ2n) is 4.79. The number of nitrogens with zero attached hydrogens (tertiary/aromatic N) is 2. The molecule has 0 spiro atoms. The molecule has 0 aliphatic rings. The Morgan fingerprint density at radius 3 is 2.36 bits per heavy atom. The summed E-state index contributed by atoms with van der Waals surface area (Å²) in [5.41, 5.74) is 1.06. The number of aromatic nitrogens is 2. The molecule has 0 saturated carbocycles. The third kappa shape index (κ3) is 3.83. The Kier molecular flexibility index (Phi) is 3.58. The molecule has 0 radical (unpaired) electrons. The van der Waals surface area contributed by atoms with Crippen LogP contribution in [0.3, 0.4) is 0 Å². The highest BCUT2D eigenvalue weighted by molar-refractivity contribution is 5.06. The summed E-state index contributed by atoms with van der Waals surface area (Å²) in [5, 5.41) is 9.80. The van der Waals surface area contributed by atoms with Crippen molar-refractivity contribution in [1.82, 2.24) is 9.97 Å². The van der Waals surface area contributed by atoms with Crippen LogP contribution in [-0.4, -0.2) is 15.1 Å². The minimum Gasteiger partial charge on any atom is -0.388 e. The maximum Gasteiger partial charge on any atom is 0.115 e. The molecule has 0 amide bonds. The van der Waals surface area contributed by atoms with Crippen LogP contribution in [-0.2, 0) is 0 Å². The maximum atomic E-state index is 9.80. The molecule has 1 aromatic rings. The van der Waals surface area contributed by atoms with E-state index >= 15 is 0 Å². The zero-order valence-corrected chi connectivity index (χ0v) is 9.07.